The molecule has 1 aliphatic rings. The monoisotopic (exact) mass is 418 g/mol. The van der Waals surface area contributed by atoms with Crippen molar-refractivity contribution < 1.29 is 19.4 Å². The molecular weight excluding hydrogens is 392 g/mol. The van der Waals surface area contributed by atoms with Gasteiger partial charge in [-0.05, 0) is 49.6 Å². The van der Waals surface area contributed by atoms with Crippen LogP contribution in [0.5, 0.6) is 5.75 Å². The number of fused-ring (bicyclic) bond motifs is 3. The lowest BCUT2D eigenvalue weighted by Crippen LogP contribution is -2.26. The quantitative estimate of drug-likeness (QED) is 0.489. The van der Waals surface area contributed by atoms with E-state index >= 15 is 0 Å². The minimum absolute atomic E-state index is 0.199. The Labute approximate surface area is 181 Å². The van der Waals surface area contributed by atoms with Gasteiger partial charge in [-0.1, -0.05) is 24.3 Å². The molecule has 2 heterocycles. The van der Waals surface area contributed by atoms with E-state index in [4.69, 9.17) is 9.47 Å². The summed E-state index contributed by atoms with van der Waals surface area (Å²) in [5.74, 6) is 0.0293. The van der Waals surface area contributed by atoms with Gasteiger partial charge in [0.15, 0.2) is 6.10 Å². The first-order chi connectivity index (χ1) is 15.2. The van der Waals surface area contributed by atoms with Crippen LogP contribution in [0.3, 0.4) is 0 Å². The highest BCUT2D eigenvalue weighted by Crippen LogP contribution is 2.44. The molecule has 0 fully saturated rings. The van der Waals surface area contributed by atoms with Crippen molar-refractivity contribution in [1.82, 2.24) is 9.97 Å². The van der Waals surface area contributed by atoms with E-state index in [1.165, 1.54) is 11.1 Å². The number of rotatable bonds is 10. The summed E-state index contributed by atoms with van der Waals surface area (Å²) >= 11 is 0. The summed E-state index contributed by atoms with van der Waals surface area (Å²) in [6.45, 7) is 2.76. The second-order valence-electron chi connectivity index (χ2n) is 7.55. The van der Waals surface area contributed by atoms with Gasteiger partial charge in [-0.3, -0.25) is 9.97 Å². The second-order valence-corrected chi connectivity index (χ2v) is 7.55. The molecule has 3 aromatic rings. The van der Waals surface area contributed by atoms with Gasteiger partial charge in [0.2, 0.25) is 0 Å². The van der Waals surface area contributed by atoms with Gasteiger partial charge >= 0.3 is 5.97 Å². The highest BCUT2D eigenvalue weighted by Gasteiger charge is 2.30. The molecule has 0 saturated carbocycles. The molecule has 1 atom stereocenters. The van der Waals surface area contributed by atoms with E-state index in [9.17, 15) is 9.90 Å². The molecule has 0 saturated heterocycles. The topological polar surface area (TPSA) is 81.5 Å². The third kappa shape index (κ3) is 4.75. The number of carbonyl (C=O) groups is 1. The maximum Gasteiger partial charge on any atom is 0.333 e. The van der Waals surface area contributed by atoms with E-state index in [-0.39, 0.29) is 5.92 Å². The van der Waals surface area contributed by atoms with Crippen LogP contribution >= 0.6 is 0 Å². The molecule has 1 N–H and O–H groups in total. The van der Waals surface area contributed by atoms with E-state index < -0.39 is 12.1 Å². The van der Waals surface area contributed by atoms with Gasteiger partial charge in [-0.15, -0.1) is 0 Å². The van der Waals surface area contributed by atoms with Crippen LogP contribution in [0, 0.1) is 0 Å². The van der Waals surface area contributed by atoms with Gasteiger partial charge in [-0.2, -0.15) is 0 Å². The SMILES string of the molecule is CCOC(Cc1ccc(OCCCC2c3ncccc3-c3cccnc32)cc1)C(=O)O. The first-order valence-electron chi connectivity index (χ1n) is 10.6. The van der Waals surface area contributed by atoms with Crippen molar-refractivity contribution in [3.8, 4) is 16.9 Å². The molecule has 31 heavy (non-hydrogen) atoms. The van der Waals surface area contributed by atoms with E-state index in [1.54, 1.807) is 6.92 Å². The smallest absolute Gasteiger partial charge is 0.333 e. The summed E-state index contributed by atoms with van der Waals surface area (Å²) in [4.78, 5) is 20.5. The zero-order valence-electron chi connectivity index (χ0n) is 17.5. The zero-order valence-corrected chi connectivity index (χ0v) is 17.5. The number of hydrogen-bond acceptors (Lipinski definition) is 5. The van der Waals surface area contributed by atoms with Gasteiger partial charge in [0.05, 0.1) is 18.0 Å². The molecule has 6 nitrogen and oxygen atoms in total. The molecule has 160 valence electrons. The Morgan fingerprint density at radius 1 is 1.03 bits per heavy atom. The van der Waals surface area contributed by atoms with Crippen molar-refractivity contribution in [2.75, 3.05) is 13.2 Å². The molecule has 0 aliphatic heterocycles. The van der Waals surface area contributed by atoms with Crippen LogP contribution in [-0.2, 0) is 16.0 Å². The van der Waals surface area contributed by atoms with Crippen molar-refractivity contribution in [2.45, 2.75) is 38.2 Å². The lowest BCUT2D eigenvalue weighted by molar-refractivity contribution is -0.149. The lowest BCUT2D eigenvalue weighted by atomic mass is 9.99. The van der Waals surface area contributed by atoms with Crippen molar-refractivity contribution in [3.63, 3.8) is 0 Å². The fourth-order valence-corrected chi connectivity index (χ4v) is 4.08. The average molecular weight is 418 g/mol. The predicted octanol–water partition coefficient (Wildman–Crippen LogP) is 4.48. The fraction of sp³-hybridized carbons (Fsp3) is 0.320. The van der Waals surface area contributed by atoms with E-state index in [1.807, 2.05) is 48.8 Å². The number of nitrogens with zero attached hydrogens (tertiary/aromatic N) is 2. The Bertz CT molecular complexity index is 990. The van der Waals surface area contributed by atoms with E-state index in [0.717, 1.165) is 35.5 Å². The normalized spacial score (nSPS) is 13.5. The third-order valence-corrected chi connectivity index (χ3v) is 5.52. The van der Waals surface area contributed by atoms with Gasteiger partial charge < -0.3 is 14.6 Å². The summed E-state index contributed by atoms with van der Waals surface area (Å²) in [6.07, 6.45) is 5.00. The number of hydrogen-bond donors (Lipinski definition) is 1. The minimum atomic E-state index is -0.943. The number of carboxylic acids is 1. The number of ether oxygens (including phenoxy) is 2. The van der Waals surface area contributed by atoms with Crippen LogP contribution in [0.1, 0.15) is 42.6 Å². The van der Waals surface area contributed by atoms with Gasteiger partial charge in [0.1, 0.15) is 5.75 Å². The molecule has 1 unspecified atom stereocenters. The molecule has 0 radical (unpaired) electrons. The van der Waals surface area contributed by atoms with Crippen LogP contribution in [-0.4, -0.2) is 40.4 Å². The standard InChI is InChI=1S/C25H26N2O4/c1-2-30-22(25(28)29)16-17-9-11-18(12-10-17)31-15-5-8-21-23-19(6-3-13-26-23)20-7-4-14-27-24(20)21/h3-4,6-7,9-14,21-22H,2,5,8,15-16H2,1H3,(H,28,29). The molecular formula is C25H26N2O4. The first-order valence-corrected chi connectivity index (χ1v) is 10.6. The number of carboxylic acid groups (broad SMARTS) is 1. The molecule has 0 spiro atoms. The largest absolute Gasteiger partial charge is 0.494 e. The molecule has 0 bridgehead atoms. The summed E-state index contributed by atoms with van der Waals surface area (Å²) < 4.78 is 11.2. The number of benzene rings is 1. The van der Waals surface area contributed by atoms with Gasteiger partial charge in [0.25, 0.3) is 0 Å². The van der Waals surface area contributed by atoms with Crippen molar-refractivity contribution in [3.05, 3.63) is 77.9 Å². The molecule has 2 aromatic heterocycles. The van der Waals surface area contributed by atoms with Crippen molar-refractivity contribution in [2.24, 2.45) is 0 Å². The van der Waals surface area contributed by atoms with Crippen molar-refractivity contribution >= 4 is 5.97 Å². The van der Waals surface area contributed by atoms with Gasteiger partial charge in [0, 0.05) is 42.5 Å². The highest BCUT2D eigenvalue weighted by atomic mass is 16.5. The minimum Gasteiger partial charge on any atom is -0.494 e. The predicted molar refractivity (Wildman–Crippen MR) is 117 cm³/mol. The number of aliphatic carboxylic acids is 1. The Balaban J connectivity index is 1.31. The summed E-state index contributed by atoms with van der Waals surface area (Å²) in [6, 6.07) is 15.7. The van der Waals surface area contributed by atoms with Crippen LogP contribution in [0.4, 0.5) is 0 Å². The molecule has 1 aromatic carbocycles. The Kier molecular flexibility index (Phi) is 6.57. The number of aromatic nitrogens is 2. The average Bonchev–Trinajstić information content (AvgIpc) is 3.11. The van der Waals surface area contributed by atoms with Gasteiger partial charge in [-0.25, -0.2) is 4.79 Å². The summed E-state index contributed by atoms with van der Waals surface area (Å²) in [7, 11) is 0. The Morgan fingerprint density at radius 2 is 1.68 bits per heavy atom. The maximum absolute atomic E-state index is 11.2. The van der Waals surface area contributed by atoms with Crippen LogP contribution in [0.25, 0.3) is 11.1 Å². The van der Waals surface area contributed by atoms with E-state index in [0.29, 0.717) is 19.6 Å². The fourth-order valence-electron chi connectivity index (χ4n) is 4.08. The zero-order chi connectivity index (χ0) is 21.6. The molecule has 0 amide bonds. The van der Waals surface area contributed by atoms with Crippen molar-refractivity contribution in [1.29, 1.82) is 0 Å². The second kappa shape index (κ2) is 9.71. The summed E-state index contributed by atoms with van der Waals surface area (Å²) in [5.41, 5.74) is 5.47. The van der Waals surface area contributed by atoms with Crippen LogP contribution < -0.4 is 4.74 Å². The molecule has 1 aliphatic carbocycles. The highest BCUT2D eigenvalue weighted by molar-refractivity contribution is 5.75. The third-order valence-electron chi connectivity index (χ3n) is 5.52. The lowest BCUT2D eigenvalue weighted by Gasteiger charge is -2.14. The Morgan fingerprint density at radius 3 is 2.26 bits per heavy atom. The molecule has 6 heteroatoms. The maximum atomic E-state index is 11.2. The first kappa shape index (κ1) is 21.0. The number of pyridine rings is 2. The van der Waals surface area contributed by atoms with Crippen LogP contribution in [0.2, 0.25) is 0 Å². The Hall–Kier alpha value is -3.25. The van der Waals surface area contributed by atoms with Crippen LogP contribution in [0.15, 0.2) is 60.9 Å². The van der Waals surface area contributed by atoms with E-state index in [2.05, 4.69) is 22.1 Å². The summed E-state index contributed by atoms with van der Waals surface area (Å²) in [5, 5.41) is 9.22. The molecule has 4 rings (SSSR count).